The molecule has 0 radical (unpaired) electrons. The third-order valence-corrected chi connectivity index (χ3v) is 2.42. The van der Waals surface area contributed by atoms with Crippen LogP contribution in [0.4, 0.5) is 11.4 Å². The van der Waals surface area contributed by atoms with Crippen LogP contribution < -0.4 is 4.72 Å². The van der Waals surface area contributed by atoms with E-state index in [-0.39, 0.29) is 16.8 Å². The van der Waals surface area contributed by atoms with Crippen molar-refractivity contribution in [1.82, 2.24) is 0 Å². The highest BCUT2D eigenvalue weighted by atomic mass is 32.2. The molecule has 1 aromatic carbocycles. The maximum absolute atomic E-state index is 10.7. The van der Waals surface area contributed by atoms with Gasteiger partial charge >= 0.3 is 5.97 Å². The predicted molar refractivity (Wildman–Crippen MR) is 59.2 cm³/mol. The fourth-order valence-corrected chi connectivity index (χ4v) is 1.61. The number of hydrogen-bond donors (Lipinski definition) is 3. The number of nitrogens with one attached hydrogen (secondary N) is 1. The molecule has 0 amide bonds. The van der Waals surface area contributed by atoms with E-state index in [1.165, 1.54) is 6.92 Å². The Kier molecular flexibility index (Phi) is 3.76. The molecule has 0 spiro atoms. The van der Waals surface area contributed by atoms with Gasteiger partial charge in [0.1, 0.15) is 0 Å². The number of hydrogen-bond acceptors (Lipinski definition) is 4. The molecule has 1 atom stereocenters. The van der Waals surface area contributed by atoms with Crippen LogP contribution in [0.25, 0.3) is 0 Å². The zero-order chi connectivity index (χ0) is 13.2. The van der Waals surface area contributed by atoms with Crippen molar-refractivity contribution in [3.8, 4) is 0 Å². The van der Waals surface area contributed by atoms with Gasteiger partial charge in [-0.3, -0.25) is 19.4 Å². The molecule has 0 aromatic heterocycles. The highest BCUT2D eigenvalue weighted by Crippen LogP contribution is 2.28. The summed E-state index contributed by atoms with van der Waals surface area (Å²) in [6, 6.07) is 1.95. The van der Waals surface area contributed by atoms with Gasteiger partial charge in [-0.25, -0.2) is 9.00 Å². The Labute approximate surface area is 97.8 Å². The van der Waals surface area contributed by atoms with Gasteiger partial charge in [0.25, 0.3) is 17.0 Å². The highest BCUT2D eigenvalue weighted by molar-refractivity contribution is 7.80. The quantitative estimate of drug-likeness (QED) is 0.423. The molecule has 92 valence electrons. The first-order chi connectivity index (χ1) is 7.82. The molecule has 0 bridgehead atoms. The van der Waals surface area contributed by atoms with Crippen LogP contribution in [0.3, 0.4) is 0 Å². The smallest absolute Gasteiger partial charge is 0.336 e. The van der Waals surface area contributed by atoms with Crippen LogP contribution in [0, 0.1) is 17.0 Å². The van der Waals surface area contributed by atoms with Crippen molar-refractivity contribution in [2.45, 2.75) is 6.92 Å². The fourth-order valence-electron chi connectivity index (χ4n) is 1.21. The number of rotatable bonds is 4. The number of nitro benzene ring substituents is 1. The van der Waals surface area contributed by atoms with Gasteiger partial charge in [-0.1, -0.05) is 0 Å². The maximum Gasteiger partial charge on any atom is 0.336 e. The lowest BCUT2D eigenvalue weighted by atomic mass is 10.1. The Morgan fingerprint density at radius 1 is 1.53 bits per heavy atom. The second-order valence-corrected chi connectivity index (χ2v) is 3.78. The summed E-state index contributed by atoms with van der Waals surface area (Å²) < 4.78 is 21.2. The molecule has 0 aliphatic rings. The van der Waals surface area contributed by atoms with E-state index in [2.05, 4.69) is 0 Å². The Balaban J connectivity index is 3.42. The molecule has 0 saturated carbocycles. The molecular weight excluding hydrogens is 252 g/mol. The first-order valence-electron chi connectivity index (χ1n) is 4.22. The molecule has 1 rings (SSSR count). The lowest BCUT2D eigenvalue weighted by Crippen LogP contribution is -2.07. The fraction of sp³-hybridized carbons (Fsp3) is 0.125. The van der Waals surface area contributed by atoms with Crippen molar-refractivity contribution in [2.75, 3.05) is 4.72 Å². The molecule has 1 aromatic rings. The molecule has 8 nitrogen and oxygen atoms in total. The first kappa shape index (κ1) is 13.1. The Bertz CT molecular complexity index is 515. The minimum atomic E-state index is -2.44. The van der Waals surface area contributed by atoms with Crippen LogP contribution in [0.15, 0.2) is 12.1 Å². The summed E-state index contributed by atoms with van der Waals surface area (Å²) >= 11 is -2.44. The summed E-state index contributed by atoms with van der Waals surface area (Å²) in [6.07, 6.45) is 0. The largest absolute Gasteiger partial charge is 0.478 e. The second kappa shape index (κ2) is 4.89. The van der Waals surface area contributed by atoms with Gasteiger partial charge in [-0.2, -0.15) is 0 Å². The number of nitrogens with zero attached hydrogens (tertiary/aromatic N) is 1. The number of carbonyl (C=O) groups is 1. The summed E-state index contributed by atoms with van der Waals surface area (Å²) in [4.78, 5) is 20.7. The number of anilines is 1. The van der Waals surface area contributed by atoms with Crippen LogP contribution in [0.5, 0.6) is 0 Å². The Morgan fingerprint density at radius 3 is 2.53 bits per heavy atom. The van der Waals surface area contributed by atoms with Gasteiger partial charge in [0.05, 0.1) is 21.7 Å². The monoisotopic (exact) mass is 260 g/mol. The molecular formula is C8H8N2O6S. The van der Waals surface area contributed by atoms with Crippen LogP contribution in [-0.4, -0.2) is 24.8 Å². The van der Waals surface area contributed by atoms with E-state index in [0.717, 1.165) is 12.1 Å². The highest BCUT2D eigenvalue weighted by Gasteiger charge is 2.19. The third kappa shape index (κ3) is 2.98. The van der Waals surface area contributed by atoms with Gasteiger partial charge in [-0.05, 0) is 13.0 Å². The van der Waals surface area contributed by atoms with Gasteiger partial charge in [-0.15, -0.1) is 0 Å². The zero-order valence-corrected chi connectivity index (χ0v) is 9.35. The molecule has 0 saturated heterocycles. The van der Waals surface area contributed by atoms with E-state index < -0.39 is 27.8 Å². The minimum Gasteiger partial charge on any atom is -0.478 e. The lowest BCUT2D eigenvalue weighted by Gasteiger charge is -2.07. The van der Waals surface area contributed by atoms with E-state index in [9.17, 15) is 19.1 Å². The van der Waals surface area contributed by atoms with E-state index in [0.29, 0.717) is 0 Å². The van der Waals surface area contributed by atoms with Gasteiger partial charge in [0.15, 0.2) is 0 Å². The summed E-state index contributed by atoms with van der Waals surface area (Å²) in [5.74, 6) is -1.36. The van der Waals surface area contributed by atoms with Gasteiger partial charge in [0.2, 0.25) is 0 Å². The van der Waals surface area contributed by atoms with Crippen molar-refractivity contribution >= 4 is 28.6 Å². The Morgan fingerprint density at radius 2 is 2.12 bits per heavy atom. The van der Waals surface area contributed by atoms with Crippen molar-refractivity contribution < 1.29 is 23.6 Å². The zero-order valence-electron chi connectivity index (χ0n) is 8.54. The lowest BCUT2D eigenvalue weighted by molar-refractivity contribution is -0.385. The minimum absolute atomic E-state index is 0.0718. The van der Waals surface area contributed by atoms with Crippen LogP contribution in [0.1, 0.15) is 15.9 Å². The Hall–Kier alpha value is -2.00. The molecule has 9 heteroatoms. The van der Waals surface area contributed by atoms with E-state index in [1.54, 1.807) is 0 Å². The van der Waals surface area contributed by atoms with Crippen LogP contribution >= 0.6 is 0 Å². The number of carboxylic acid groups (broad SMARTS) is 1. The second-order valence-electron chi connectivity index (χ2n) is 3.08. The number of nitro groups is 1. The number of aromatic carboxylic acids is 1. The molecule has 0 aliphatic carbocycles. The summed E-state index contributed by atoms with van der Waals surface area (Å²) in [7, 11) is 0. The average Bonchev–Trinajstić information content (AvgIpc) is 2.19. The summed E-state index contributed by atoms with van der Waals surface area (Å²) in [5.41, 5.74) is -0.757. The normalized spacial score (nSPS) is 11.9. The standard InChI is InChI=1S/C8H8N2O6S/c1-4-6(9-17(15)16)2-5(8(11)12)3-7(4)10(13)14/h2-3,9H,1H3,(H,11,12)(H,15,16). The third-order valence-electron chi connectivity index (χ3n) is 2.02. The SMILES string of the molecule is Cc1c(NS(=O)O)cc(C(=O)O)cc1[N+](=O)[O-]. The molecule has 17 heavy (non-hydrogen) atoms. The average molecular weight is 260 g/mol. The van der Waals surface area contributed by atoms with Gasteiger partial charge in [0, 0.05) is 6.07 Å². The molecule has 3 N–H and O–H groups in total. The van der Waals surface area contributed by atoms with E-state index >= 15 is 0 Å². The number of carboxylic acids is 1. The van der Waals surface area contributed by atoms with Crippen molar-refractivity contribution in [2.24, 2.45) is 0 Å². The molecule has 0 heterocycles. The van der Waals surface area contributed by atoms with Crippen LogP contribution in [-0.2, 0) is 11.3 Å². The van der Waals surface area contributed by atoms with Crippen LogP contribution in [0.2, 0.25) is 0 Å². The maximum atomic E-state index is 10.7. The van der Waals surface area contributed by atoms with Crippen molar-refractivity contribution in [3.05, 3.63) is 33.4 Å². The predicted octanol–water partition coefficient (Wildman–Crippen LogP) is 1.15. The topological polar surface area (TPSA) is 130 Å². The van der Waals surface area contributed by atoms with Crippen molar-refractivity contribution in [1.29, 1.82) is 0 Å². The number of benzene rings is 1. The van der Waals surface area contributed by atoms with E-state index in [4.69, 9.17) is 9.66 Å². The summed E-state index contributed by atoms with van der Waals surface area (Å²) in [6.45, 7) is 1.35. The molecule has 1 unspecified atom stereocenters. The first-order valence-corrected chi connectivity index (χ1v) is 5.33. The van der Waals surface area contributed by atoms with Gasteiger partial charge < -0.3 is 5.11 Å². The molecule has 0 fully saturated rings. The van der Waals surface area contributed by atoms with Crippen molar-refractivity contribution in [3.63, 3.8) is 0 Å². The van der Waals surface area contributed by atoms with E-state index in [1.807, 2.05) is 4.72 Å². The summed E-state index contributed by atoms with van der Waals surface area (Å²) in [5, 5.41) is 19.4. The molecule has 0 aliphatic heterocycles.